The molecule has 0 aromatic heterocycles. The van der Waals surface area contributed by atoms with Crippen molar-refractivity contribution in [2.45, 2.75) is 11.8 Å². The Labute approximate surface area is 189 Å². The molecular weight excluding hydrogens is 507 g/mol. The molecule has 0 heterocycles. The molecule has 0 spiro atoms. The normalized spacial score (nSPS) is 11.4. The highest BCUT2D eigenvalue weighted by Gasteiger charge is 2.12. The van der Waals surface area contributed by atoms with Gasteiger partial charge in [0.2, 0.25) is 10.0 Å². The van der Waals surface area contributed by atoms with Crippen LogP contribution in [0.2, 0.25) is 0 Å². The second-order valence-electron chi connectivity index (χ2n) is 5.90. The van der Waals surface area contributed by atoms with Crippen molar-refractivity contribution in [3.8, 4) is 11.5 Å². The van der Waals surface area contributed by atoms with Crippen molar-refractivity contribution < 1.29 is 17.9 Å². The van der Waals surface area contributed by atoms with E-state index in [1.807, 2.05) is 13.0 Å². The summed E-state index contributed by atoms with van der Waals surface area (Å²) in [7, 11) is 1.23. The van der Waals surface area contributed by atoms with Gasteiger partial charge in [-0.15, -0.1) is 24.0 Å². The van der Waals surface area contributed by atoms with Crippen LogP contribution in [0.25, 0.3) is 0 Å². The summed E-state index contributed by atoms with van der Waals surface area (Å²) in [6, 6.07) is 12.1. The molecule has 2 aromatic carbocycles. The number of methoxy groups -OCH3 is 2. The Balaban J connectivity index is 0.00000420. The third-order valence-corrected chi connectivity index (χ3v) is 5.39. The number of aryl methyl sites for hydroxylation is 1. The minimum Gasteiger partial charge on any atom is -0.493 e. The zero-order chi connectivity index (χ0) is 20.6. The molecule has 29 heavy (non-hydrogen) atoms. The highest BCUT2D eigenvalue weighted by atomic mass is 127. The molecule has 3 N–H and O–H groups in total. The van der Waals surface area contributed by atoms with Crippen molar-refractivity contribution in [2.75, 3.05) is 39.7 Å². The standard InChI is InChI=1S/C19H26N4O4S.HI/c1-14-5-8-16(9-6-14)28(24,25)22-12-11-21-19(20-2)23-15-7-10-17(26-3)18(13-15)27-4;/h5-10,13,22H,11-12H2,1-4H3,(H2,20,21,23);1H. The van der Waals surface area contributed by atoms with Gasteiger partial charge in [0, 0.05) is 31.9 Å². The van der Waals surface area contributed by atoms with Crippen molar-refractivity contribution in [1.29, 1.82) is 0 Å². The number of nitrogens with one attached hydrogen (secondary N) is 3. The number of anilines is 1. The molecule has 0 amide bonds. The molecule has 0 atom stereocenters. The summed E-state index contributed by atoms with van der Waals surface area (Å²) in [4.78, 5) is 4.37. The Kier molecular flexibility index (Phi) is 10.2. The minimum atomic E-state index is -3.54. The quantitative estimate of drug-likeness (QED) is 0.208. The van der Waals surface area contributed by atoms with Crippen LogP contribution in [0.5, 0.6) is 11.5 Å². The molecule has 160 valence electrons. The van der Waals surface area contributed by atoms with Gasteiger partial charge in [0.05, 0.1) is 19.1 Å². The zero-order valence-electron chi connectivity index (χ0n) is 16.9. The molecule has 0 radical (unpaired) electrons. The summed E-state index contributed by atoms with van der Waals surface area (Å²) in [6.07, 6.45) is 0. The highest BCUT2D eigenvalue weighted by Crippen LogP contribution is 2.29. The molecule has 2 aromatic rings. The smallest absolute Gasteiger partial charge is 0.240 e. The molecular formula is C19H27IN4O4S. The number of aliphatic imine (C=N–C) groups is 1. The first-order valence-corrected chi connectivity index (χ1v) is 10.1. The first-order valence-electron chi connectivity index (χ1n) is 8.65. The van der Waals surface area contributed by atoms with Crippen LogP contribution >= 0.6 is 24.0 Å². The van der Waals surface area contributed by atoms with E-state index in [1.165, 1.54) is 0 Å². The van der Waals surface area contributed by atoms with Gasteiger partial charge in [-0.2, -0.15) is 0 Å². The molecule has 0 unspecified atom stereocenters. The average molecular weight is 534 g/mol. The van der Waals surface area contributed by atoms with E-state index in [2.05, 4.69) is 20.3 Å². The molecule has 0 aliphatic rings. The van der Waals surface area contributed by atoms with E-state index in [1.54, 1.807) is 57.7 Å². The monoisotopic (exact) mass is 534 g/mol. The SMILES string of the molecule is CN=C(NCCNS(=O)(=O)c1ccc(C)cc1)Nc1ccc(OC)c(OC)c1.I. The number of halogens is 1. The van der Waals surface area contributed by atoms with Crippen LogP contribution in [-0.4, -0.2) is 48.7 Å². The summed E-state index contributed by atoms with van der Waals surface area (Å²) >= 11 is 0. The molecule has 8 nitrogen and oxygen atoms in total. The lowest BCUT2D eigenvalue weighted by atomic mass is 10.2. The summed E-state index contributed by atoms with van der Waals surface area (Å²) in [5.41, 5.74) is 1.76. The van der Waals surface area contributed by atoms with Crippen molar-refractivity contribution in [3.05, 3.63) is 48.0 Å². The minimum absolute atomic E-state index is 0. The maximum atomic E-state index is 12.3. The Morgan fingerprint density at radius 1 is 1.00 bits per heavy atom. The van der Waals surface area contributed by atoms with E-state index in [0.717, 1.165) is 11.3 Å². The zero-order valence-corrected chi connectivity index (χ0v) is 20.0. The van der Waals surface area contributed by atoms with E-state index >= 15 is 0 Å². The maximum absolute atomic E-state index is 12.3. The number of rotatable bonds is 8. The fourth-order valence-electron chi connectivity index (χ4n) is 2.40. The summed E-state index contributed by atoms with van der Waals surface area (Å²) in [5, 5.41) is 6.17. The van der Waals surface area contributed by atoms with Gasteiger partial charge in [0.25, 0.3) is 0 Å². The lowest BCUT2D eigenvalue weighted by Crippen LogP contribution is -2.37. The number of sulfonamides is 1. The van der Waals surface area contributed by atoms with Gasteiger partial charge in [-0.1, -0.05) is 17.7 Å². The van der Waals surface area contributed by atoms with E-state index in [4.69, 9.17) is 9.47 Å². The predicted molar refractivity (Wildman–Crippen MR) is 126 cm³/mol. The first-order chi connectivity index (χ1) is 13.4. The van der Waals surface area contributed by atoms with Gasteiger partial charge in [0.15, 0.2) is 17.5 Å². The van der Waals surface area contributed by atoms with Gasteiger partial charge in [0.1, 0.15) is 0 Å². The molecule has 0 saturated carbocycles. The molecule has 2 rings (SSSR count). The van der Waals surface area contributed by atoms with E-state index < -0.39 is 10.0 Å². The van der Waals surface area contributed by atoms with Crippen LogP contribution in [0.3, 0.4) is 0 Å². The highest BCUT2D eigenvalue weighted by molar-refractivity contribution is 14.0. The topological polar surface area (TPSA) is 101 Å². The first kappa shape index (κ1) is 25.0. The van der Waals surface area contributed by atoms with Gasteiger partial charge in [-0.25, -0.2) is 13.1 Å². The van der Waals surface area contributed by atoms with Crippen LogP contribution in [0.15, 0.2) is 52.4 Å². The fraction of sp³-hybridized carbons (Fsp3) is 0.316. The van der Waals surface area contributed by atoms with Crippen LogP contribution in [0.4, 0.5) is 5.69 Å². The van der Waals surface area contributed by atoms with E-state index in [-0.39, 0.29) is 35.4 Å². The van der Waals surface area contributed by atoms with Crippen LogP contribution in [0, 0.1) is 6.92 Å². The lowest BCUT2D eigenvalue weighted by Gasteiger charge is -2.14. The second kappa shape index (κ2) is 11.8. The van der Waals surface area contributed by atoms with Gasteiger partial charge >= 0.3 is 0 Å². The molecule has 0 aliphatic carbocycles. The van der Waals surface area contributed by atoms with Crippen molar-refractivity contribution in [2.24, 2.45) is 4.99 Å². The maximum Gasteiger partial charge on any atom is 0.240 e. The number of benzene rings is 2. The van der Waals surface area contributed by atoms with E-state index in [0.29, 0.717) is 24.0 Å². The second-order valence-corrected chi connectivity index (χ2v) is 7.67. The molecule has 0 fully saturated rings. The van der Waals surface area contributed by atoms with Gasteiger partial charge in [-0.3, -0.25) is 4.99 Å². The Morgan fingerprint density at radius 2 is 1.66 bits per heavy atom. The van der Waals surface area contributed by atoms with Crippen LogP contribution in [0.1, 0.15) is 5.56 Å². The largest absolute Gasteiger partial charge is 0.493 e. The van der Waals surface area contributed by atoms with Crippen LogP contribution < -0.4 is 24.8 Å². The number of nitrogens with zero attached hydrogens (tertiary/aromatic N) is 1. The van der Waals surface area contributed by atoms with E-state index in [9.17, 15) is 8.42 Å². The molecule has 0 aliphatic heterocycles. The number of guanidine groups is 1. The number of hydrogen-bond acceptors (Lipinski definition) is 5. The fourth-order valence-corrected chi connectivity index (χ4v) is 3.43. The Morgan fingerprint density at radius 3 is 2.24 bits per heavy atom. The van der Waals surface area contributed by atoms with Crippen LogP contribution in [-0.2, 0) is 10.0 Å². The third kappa shape index (κ3) is 7.37. The van der Waals surface area contributed by atoms with Gasteiger partial charge < -0.3 is 20.1 Å². The van der Waals surface area contributed by atoms with Crippen molar-refractivity contribution in [1.82, 2.24) is 10.0 Å². The summed E-state index contributed by atoms with van der Waals surface area (Å²) in [5.74, 6) is 1.72. The summed E-state index contributed by atoms with van der Waals surface area (Å²) < 4.78 is 37.6. The summed E-state index contributed by atoms with van der Waals surface area (Å²) in [6.45, 7) is 2.48. The molecule has 0 bridgehead atoms. The Bertz CT molecular complexity index is 918. The third-order valence-electron chi connectivity index (χ3n) is 3.91. The van der Waals surface area contributed by atoms with Gasteiger partial charge in [-0.05, 0) is 31.2 Å². The Hall–Kier alpha value is -2.05. The number of ether oxygens (including phenoxy) is 2. The molecule has 10 heteroatoms. The average Bonchev–Trinajstić information content (AvgIpc) is 2.70. The van der Waals surface area contributed by atoms with Crippen molar-refractivity contribution in [3.63, 3.8) is 0 Å². The lowest BCUT2D eigenvalue weighted by molar-refractivity contribution is 0.355. The number of hydrogen-bond donors (Lipinski definition) is 3. The predicted octanol–water partition coefficient (Wildman–Crippen LogP) is 2.60. The van der Waals surface area contributed by atoms with Crippen molar-refractivity contribution >= 4 is 45.6 Å². The molecule has 0 saturated heterocycles.